The van der Waals surface area contributed by atoms with Crippen LogP contribution in [0.4, 0.5) is 0 Å². The first kappa shape index (κ1) is 29.3. The van der Waals surface area contributed by atoms with E-state index in [9.17, 15) is 14.7 Å². The summed E-state index contributed by atoms with van der Waals surface area (Å²) < 4.78 is 25.5. The van der Waals surface area contributed by atoms with Crippen LogP contribution in [-0.4, -0.2) is 47.6 Å². The third kappa shape index (κ3) is 4.79. The Bertz CT molecular complexity index is 1660. The first-order valence-corrected chi connectivity index (χ1v) is 15.8. The molecule has 1 spiro atoms. The van der Waals surface area contributed by atoms with E-state index in [1.165, 1.54) is 6.07 Å². The number of aryl methyl sites for hydroxylation is 1. The molecule has 234 valence electrons. The number of ether oxygens (including phenoxy) is 3. The quantitative estimate of drug-likeness (QED) is 0.196. The van der Waals surface area contributed by atoms with Gasteiger partial charge >= 0.3 is 5.97 Å². The molecule has 44 heavy (non-hydrogen) atoms. The molecule has 3 aromatic rings. The van der Waals surface area contributed by atoms with Crippen molar-refractivity contribution in [3.63, 3.8) is 0 Å². The second kappa shape index (κ2) is 10.9. The molecule has 10 heteroatoms. The van der Waals surface area contributed by atoms with Crippen molar-refractivity contribution >= 4 is 16.9 Å². The Morgan fingerprint density at radius 3 is 2.66 bits per heavy atom. The topological polar surface area (TPSA) is 163 Å². The molecule has 6 N–H and O–H groups in total. The molecule has 0 unspecified atom stereocenters. The molecule has 0 saturated carbocycles. The van der Waals surface area contributed by atoms with Crippen LogP contribution >= 0.6 is 0 Å². The first-order chi connectivity index (χ1) is 21.1. The summed E-state index contributed by atoms with van der Waals surface area (Å²) in [7, 11) is 0. The summed E-state index contributed by atoms with van der Waals surface area (Å²) in [6.45, 7) is 5.40. The minimum absolute atomic E-state index is 0.0930. The highest BCUT2D eigenvalue weighted by Crippen LogP contribution is 2.55. The number of phenols is 1. The van der Waals surface area contributed by atoms with Crippen LogP contribution in [0, 0.1) is 12.8 Å². The van der Waals surface area contributed by atoms with Crippen LogP contribution in [-0.2, 0) is 20.7 Å². The van der Waals surface area contributed by atoms with E-state index < -0.39 is 29.4 Å². The van der Waals surface area contributed by atoms with Crippen LogP contribution in [0.1, 0.15) is 80.0 Å². The fraction of sp³-hybridized carbons (Fsp3) is 0.529. The molecule has 0 radical (unpaired) electrons. The van der Waals surface area contributed by atoms with E-state index in [1.54, 1.807) is 13.0 Å². The molecule has 5 atom stereocenters. The van der Waals surface area contributed by atoms with Gasteiger partial charge < -0.3 is 40.5 Å². The number of hydrogen-bond acceptors (Lipinski definition) is 10. The fourth-order valence-electron chi connectivity index (χ4n) is 7.95. The molecule has 10 nitrogen and oxygen atoms in total. The van der Waals surface area contributed by atoms with Crippen LogP contribution in [0.5, 0.6) is 11.5 Å². The van der Waals surface area contributed by atoms with Gasteiger partial charge in [-0.15, -0.1) is 0 Å². The van der Waals surface area contributed by atoms with Gasteiger partial charge in [0.2, 0.25) is 0 Å². The Kier molecular flexibility index (Phi) is 7.23. The largest absolute Gasteiger partial charge is 0.507 e. The fourth-order valence-corrected chi connectivity index (χ4v) is 7.95. The Hall–Kier alpha value is -3.44. The second-order valence-electron chi connectivity index (χ2n) is 13.2. The molecule has 4 aliphatic heterocycles. The van der Waals surface area contributed by atoms with E-state index in [0.717, 1.165) is 49.9 Å². The Morgan fingerprint density at radius 2 is 1.89 bits per heavy atom. The molecule has 3 fully saturated rings. The number of piperidine rings is 1. The second-order valence-corrected chi connectivity index (χ2v) is 13.2. The summed E-state index contributed by atoms with van der Waals surface area (Å²) in [6, 6.07) is 10.9. The number of nitrogens with one attached hydrogen (secondary N) is 1. The zero-order valence-electron chi connectivity index (χ0n) is 25.3. The summed E-state index contributed by atoms with van der Waals surface area (Å²) in [5.74, 6) is 0.105. The molecule has 0 amide bonds. The predicted molar refractivity (Wildman–Crippen MR) is 163 cm³/mol. The Morgan fingerprint density at radius 1 is 1.09 bits per heavy atom. The molecular formula is C34H41N3O7. The molecule has 5 heterocycles. The molecule has 0 aliphatic carbocycles. The molecular weight excluding hydrogens is 562 g/mol. The minimum Gasteiger partial charge on any atom is -0.507 e. The van der Waals surface area contributed by atoms with Crippen LogP contribution in [0.25, 0.3) is 11.0 Å². The van der Waals surface area contributed by atoms with Crippen molar-refractivity contribution in [3.05, 3.63) is 69.1 Å². The zero-order chi connectivity index (χ0) is 30.8. The van der Waals surface area contributed by atoms with Crippen LogP contribution in [0.2, 0.25) is 0 Å². The van der Waals surface area contributed by atoms with Crippen molar-refractivity contribution < 1.29 is 28.5 Å². The average molecular weight is 604 g/mol. The standard InChI is InChI=1S/C34H41N3O7/c1-18-14-23(38)28-24(41-18)17-25-27(29(28)39)22-8-3-4-11-34(26(44-34)16-19-6-5-7-20(15-19)31(35)36)32(40)42-30(22)33(2,43-25)21-9-12-37-13-10-21/h5-7,14-15,17,21-22,26,30-31,37,39H,3-4,8-13,16,35-36H2,1-2H3/t22-,26+,30+,33-,34+/m0/s1. The number of epoxide rings is 1. The van der Waals surface area contributed by atoms with E-state index >= 15 is 0 Å². The van der Waals surface area contributed by atoms with E-state index in [1.807, 2.05) is 31.2 Å². The summed E-state index contributed by atoms with van der Waals surface area (Å²) in [6.07, 6.45) is 3.37. The van der Waals surface area contributed by atoms with Gasteiger partial charge in [-0.2, -0.15) is 0 Å². The van der Waals surface area contributed by atoms with Crippen molar-refractivity contribution in [2.24, 2.45) is 17.4 Å². The lowest BCUT2D eigenvalue weighted by Gasteiger charge is -2.50. The number of phenolic OH excluding ortho intramolecular Hbond substituents is 1. The summed E-state index contributed by atoms with van der Waals surface area (Å²) in [5.41, 5.74) is 12.2. The number of esters is 1. The van der Waals surface area contributed by atoms with Crippen LogP contribution in [0.3, 0.4) is 0 Å². The number of carbonyl (C=O) groups is 1. The van der Waals surface area contributed by atoms with Gasteiger partial charge in [-0.1, -0.05) is 30.7 Å². The Labute approximate surface area is 256 Å². The molecule has 7 rings (SSSR count). The van der Waals surface area contributed by atoms with Crippen molar-refractivity contribution in [1.29, 1.82) is 0 Å². The highest BCUT2D eigenvalue weighted by molar-refractivity contribution is 5.88. The number of fused-ring (bicyclic) bond motifs is 4. The van der Waals surface area contributed by atoms with Crippen LogP contribution in [0.15, 0.2) is 45.6 Å². The maximum atomic E-state index is 14.2. The van der Waals surface area contributed by atoms with E-state index in [4.69, 9.17) is 30.1 Å². The number of rotatable bonds is 4. The SMILES string of the molecule is Cc1cc(=O)c2c(O)c3c(cc2o1)O[C@@](C)(C1CCNCC1)[C@@H]1OC(=O)[C@]2(CCCC[C@@H]31)O[C@@H]2Cc1cccc(C(N)N)c1. The van der Waals surface area contributed by atoms with Crippen LogP contribution < -0.4 is 26.9 Å². The van der Waals surface area contributed by atoms with Crippen molar-refractivity contribution in [3.8, 4) is 11.5 Å². The maximum absolute atomic E-state index is 14.2. The summed E-state index contributed by atoms with van der Waals surface area (Å²) in [4.78, 5) is 27.2. The molecule has 4 aliphatic rings. The van der Waals surface area contributed by atoms with Gasteiger partial charge in [-0.05, 0) is 70.2 Å². The third-order valence-electron chi connectivity index (χ3n) is 10.4. The summed E-state index contributed by atoms with van der Waals surface area (Å²) >= 11 is 0. The van der Waals surface area contributed by atoms with Crippen molar-refractivity contribution in [1.82, 2.24) is 5.32 Å². The lowest BCUT2D eigenvalue weighted by atomic mass is 9.69. The van der Waals surface area contributed by atoms with Gasteiger partial charge in [0, 0.05) is 36.0 Å². The predicted octanol–water partition coefficient (Wildman–Crippen LogP) is 3.82. The lowest BCUT2D eigenvalue weighted by Crippen LogP contribution is -2.59. The molecule has 1 aromatic heterocycles. The number of nitrogens with two attached hydrogens (primary N) is 2. The van der Waals surface area contributed by atoms with Gasteiger partial charge in [-0.3, -0.25) is 4.79 Å². The molecule has 2 aromatic carbocycles. The number of hydrogen-bond donors (Lipinski definition) is 4. The van der Waals surface area contributed by atoms with Crippen molar-refractivity contribution in [2.45, 2.75) is 94.3 Å². The summed E-state index contributed by atoms with van der Waals surface area (Å²) in [5, 5.41) is 15.2. The van der Waals surface area contributed by atoms with Crippen molar-refractivity contribution in [2.75, 3.05) is 13.1 Å². The number of aromatic hydroxyl groups is 1. The average Bonchev–Trinajstić information content (AvgIpc) is 3.68. The lowest BCUT2D eigenvalue weighted by molar-refractivity contribution is -0.180. The van der Waals surface area contributed by atoms with Gasteiger partial charge in [0.25, 0.3) is 0 Å². The van der Waals surface area contributed by atoms with E-state index in [0.29, 0.717) is 36.3 Å². The normalized spacial score (nSPS) is 30.6. The minimum atomic E-state index is -1.05. The van der Waals surface area contributed by atoms with Gasteiger partial charge in [0.15, 0.2) is 11.0 Å². The monoisotopic (exact) mass is 603 g/mol. The third-order valence-corrected chi connectivity index (χ3v) is 10.4. The highest BCUT2D eigenvalue weighted by Gasteiger charge is 2.65. The first-order valence-electron chi connectivity index (χ1n) is 15.8. The van der Waals surface area contributed by atoms with Gasteiger partial charge in [-0.25, -0.2) is 4.79 Å². The zero-order valence-corrected chi connectivity index (χ0v) is 25.3. The van der Waals surface area contributed by atoms with Gasteiger partial charge in [0.1, 0.15) is 46.0 Å². The number of carbonyl (C=O) groups excluding carboxylic acids is 1. The molecule has 3 saturated heterocycles. The number of benzene rings is 2. The Balaban J connectivity index is 1.27. The highest BCUT2D eigenvalue weighted by atomic mass is 16.7. The maximum Gasteiger partial charge on any atom is 0.341 e. The van der Waals surface area contributed by atoms with E-state index in [2.05, 4.69) is 5.32 Å². The van der Waals surface area contributed by atoms with E-state index in [-0.39, 0.29) is 40.1 Å². The smallest absolute Gasteiger partial charge is 0.341 e. The van der Waals surface area contributed by atoms with Gasteiger partial charge in [0.05, 0.1) is 6.17 Å². The molecule has 0 bridgehead atoms.